The summed E-state index contributed by atoms with van der Waals surface area (Å²) in [7, 11) is 0. The number of anilines is 1. The lowest BCUT2D eigenvalue weighted by Gasteiger charge is -2.23. The van der Waals surface area contributed by atoms with Crippen LogP contribution in [0.2, 0.25) is 0 Å². The summed E-state index contributed by atoms with van der Waals surface area (Å²) >= 11 is 0. The standard InChI is InChI=1S/C17H28N2O2/c1-6-18-15-9-8-13(5)10-14(15)17(20)19-16(12(3)4)11-21-7-2/h8-10,12,16,18H,6-7,11H2,1-5H3,(H,19,20). The zero-order valence-electron chi connectivity index (χ0n) is 13.8. The fourth-order valence-corrected chi connectivity index (χ4v) is 2.08. The summed E-state index contributed by atoms with van der Waals surface area (Å²) in [5.74, 6) is 0.279. The van der Waals surface area contributed by atoms with Crippen molar-refractivity contribution in [2.24, 2.45) is 5.92 Å². The van der Waals surface area contributed by atoms with Crippen LogP contribution < -0.4 is 10.6 Å². The molecule has 0 aliphatic carbocycles. The monoisotopic (exact) mass is 292 g/mol. The summed E-state index contributed by atoms with van der Waals surface area (Å²) in [5.41, 5.74) is 2.64. The molecule has 0 aromatic heterocycles. The highest BCUT2D eigenvalue weighted by molar-refractivity contribution is 6.00. The zero-order chi connectivity index (χ0) is 15.8. The fourth-order valence-electron chi connectivity index (χ4n) is 2.08. The van der Waals surface area contributed by atoms with Crippen molar-refractivity contribution < 1.29 is 9.53 Å². The van der Waals surface area contributed by atoms with Crippen LogP contribution in [0.25, 0.3) is 0 Å². The highest BCUT2D eigenvalue weighted by atomic mass is 16.5. The van der Waals surface area contributed by atoms with Crippen molar-refractivity contribution >= 4 is 11.6 Å². The molecule has 0 saturated carbocycles. The van der Waals surface area contributed by atoms with Gasteiger partial charge >= 0.3 is 0 Å². The topological polar surface area (TPSA) is 50.4 Å². The van der Waals surface area contributed by atoms with E-state index in [9.17, 15) is 4.79 Å². The van der Waals surface area contributed by atoms with Gasteiger partial charge in [0.05, 0.1) is 18.2 Å². The molecule has 0 aliphatic heterocycles. The van der Waals surface area contributed by atoms with E-state index < -0.39 is 0 Å². The maximum atomic E-state index is 12.6. The normalized spacial score (nSPS) is 12.3. The molecule has 2 N–H and O–H groups in total. The molecule has 0 fully saturated rings. The van der Waals surface area contributed by atoms with E-state index in [4.69, 9.17) is 4.74 Å². The van der Waals surface area contributed by atoms with Gasteiger partial charge < -0.3 is 15.4 Å². The fraction of sp³-hybridized carbons (Fsp3) is 0.588. The molecule has 0 heterocycles. The quantitative estimate of drug-likeness (QED) is 0.773. The molecule has 1 rings (SSSR count). The first kappa shape index (κ1) is 17.5. The Hall–Kier alpha value is -1.55. The van der Waals surface area contributed by atoms with Gasteiger partial charge in [-0.3, -0.25) is 4.79 Å². The number of rotatable bonds is 8. The van der Waals surface area contributed by atoms with Crippen LogP contribution in [0.3, 0.4) is 0 Å². The molecule has 0 aliphatic rings. The average molecular weight is 292 g/mol. The van der Waals surface area contributed by atoms with Gasteiger partial charge in [-0.05, 0) is 38.8 Å². The molecule has 1 unspecified atom stereocenters. The molecule has 1 atom stereocenters. The van der Waals surface area contributed by atoms with Gasteiger partial charge in [-0.15, -0.1) is 0 Å². The first-order chi connectivity index (χ1) is 9.99. The number of hydrogen-bond donors (Lipinski definition) is 2. The summed E-state index contributed by atoms with van der Waals surface area (Å²) in [4.78, 5) is 12.6. The zero-order valence-corrected chi connectivity index (χ0v) is 13.8. The highest BCUT2D eigenvalue weighted by Crippen LogP contribution is 2.18. The third-order valence-corrected chi connectivity index (χ3v) is 3.41. The Morgan fingerprint density at radius 3 is 2.57 bits per heavy atom. The molecular weight excluding hydrogens is 264 g/mol. The van der Waals surface area contributed by atoms with Crippen LogP contribution in [-0.4, -0.2) is 31.7 Å². The summed E-state index contributed by atoms with van der Waals surface area (Å²) in [6.45, 7) is 12.1. The van der Waals surface area contributed by atoms with E-state index in [2.05, 4.69) is 24.5 Å². The van der Waals surface area contributed by atoms with Crippen LogP contribution in [0.15, 0.2) is 18.2 Å². The lowest BCUT2D eigenvalue weighted by Crippen LogP contribution is -2.42. The molecule has 118 valence electrons. The van der Waals surface area contributed by atoms with Crippen molar-refractivity contribution in [2.75, 3.05) is 25.1 Å². The minimum Gasteiger partial charge on any atom is -0.385 e. The Kier molecular flexibility index (Phi) is 7.23. The van der Waals surface area contributed by atoms with Gasteiger partial charge in [-0.2, -0.15) is 0 Å². The van der Waals surface area contributed by atoms with Gasteiger partial charge in [0.1, 0.15) is 0 Å². The Balaban J connectivity index is 2.88. The van der Waals surface area contributed by atoms with Crippen LogP contribution in [0.4, 0.5) is 5.69 Å². The number of benzene rings is 1. The van der Waals surface area contributed by atoms with E-state index in [0.717, 1.165) is 17.8 Å². The molecule has 0 radical (unpaired) electrons. The van der Waals surface area contributed by atoms with Crippen molar-refractivity contribution in [2.45, 2.75) is 40.7 Å². The smallest absolute Gasteiger partial charge is 0.253 e. The van der Waals surface area contributed by atoms with Crippen LogP contribution in [0.5, 0.6) is 0 Å². The van der Waals surface area contributed by atoms with E-state index >= 15 is 0 Å². The van der Waals surface area contributed by atoms with Crippen molar-refractivity contribution in [3.63, 3.8) is 0 Å². The Bertz CT molecular complexity index is 458. The number of nitrogens with one attached hydrogen (secondary N) is 2. The number of carbonyl (C=O) groups excluding carboxylic acids is 1. The molecular formula is C17H28N2O2. The molecule has 1 amide bonds. The first-order valence-electron chi connectivity index (χ1n) is 7.72. The number of hydrogen-bond acceptors (Lipinski definition) is 3. The van der Waals surface area contributed by atoms with E-state index in [1.807, 2.05) is 39.0 Å². The third kappa shape index (κ3) is 5.38. The van der Waals surface area contributed by atoms with Crippen molar-refractivity contribution in [3.05, 3.63) is 29.3 Å². The Labute approximate surface area is 128 Å². The van der Waals surface area contributed by atoms with Gasteiger partial charge in [0, 0.05) is 18.8 Å². The molecule has 1 aromatic rings. The highest BCUT2D eigenvalue weighted by Gasteiger charge is 2.19. The summed E-state index contributed by atoms with van der Waals surface area (Å²) in [6, 6.07) is 5.91. The van der Waals surface area contributed by atoms with Gasteiger partial charge in [0.2, 0.25) is 0 Å². The van der Waals surface area contributed by atoms with Crippen molar-refractivity contribution in [1.29, 1.82) is 0 Å². The number of aryl methyl sites for hydroxylation is 1. The number of ether oxygens (including phenoxy) is 1. The molecule has 4 heteroatoms. The predicted molar refractivity (Wildman–Crippen MR) is 87.9 cm³/mol. The largest absolute Gasteiger partial charge is 0.385 e. The summed E-state index contributed by atoms with van der Waals surface area (Å²) < 4.78 is 5.46. The van der Waals surface area contributed by atoms with Gasteiger partial charge in [-0.1, -0.05) is 25.5 Å². The van der Waals surface area contributed by atoms with E-state index in [-0.39, 0.29) is 11.9 Å². The summed E-state index contributed by atoms with van der Waals surface area (Å²) in [5, 5.41) is 6.33. The minimum atomic E-state index is -0.0481. The van der Waals surface area contributed by atoms with Crippen LogP contribution in [-0.2, 0) is 4.74 Å². The average Bonchev–Trinajstić information content (AvgIpc) is 2.45. The molecule has 0 bridgehead atoms. The summed E-state index contributed by atoms with van der Waals surface area (Å²) in [6.07, 6.45) is 0. The maximum Gasteiger partial charge on any atom is 0.253 e. The Morgan fingerprint density at radius 2 is 2.00 bits per heavy atom. The van der Waals surface area contributed by atoms with Crippen LogP contribution in [0.1, 0.15) is 43.6 Å². The third-order valence-electron chi connectivity index (χ3n) is 3.41. The SMILES string of the molecule is CCNc1ccc(C)cc1C(=O)NC(COCC)C(C)C. The van der Waals surface area contributed by atoms with Crippen molar-refractivity contribution in [3.8, 4) is 0 Å². The number of amides is 1. The van der Waals surface area contributed by atoms with Crippen LogP contribution >= 0.6 is 0 Å². The van der Waals surface area contributed by atoms with E-state index in [1.165, 1.54) is 0 Å². The molecule has 21 heavy (non-hydrogen) atoms. The van der Waals surface area contributed by atoms with E-state index in [1.54, 1.807) is 0 Å². The molecule has 1 aromatic carbocycles. The second-order valence-corrected chi connectivity index (χ2v) is 5.56. The van der Waals surface area contributed by atoms with Gasteiger partial charge in [-0.25, -0.2) is 0 Å². The molecule has 0 spiro atoms. The first-order valence-corrected chi connectivity index (χ1v) is 7.72. The molecule has 0 saturated heterocycles. The van der Waals surface area contributed by atoms with Gasteiger partial charge in [0.15, 0.2) is 0 Å². The molecule has 4 nitrogen and oxygen atoms in total. The maximum absolute atomic E-state index is 12.6. The van der Waals surface area contributed by atoms with E-state index in [0.29, 0.717) is 24.7 Å². The van der Waals surface area contributed by atoms with Crippen molar-refractivity contribution in [1.82, 2.24) is 5.32 Å². The van der Waals surface area contributed by atoms with Crippen LogP contribution in [0, 0.1) is 12.8 Å². The lowest BCUT2D eigenvalue weighted by atomic mass is 10.0. The lowest BCUT2D eigenvalue weighted by molar-refractivity contribution is 0.0807. The van der Waals surface area contributed by atoms with Gasteiger partial charge in [0.25, 0.3) is 5.91 Å². The minimum absolute atomic E-state index is 0.0208. The second-order valence-electron chi connectivity index (χ2n) is 5.56. The number of carbonyl (C=O) groups is 1. The predicted octanol–water partition coefficient (Wildman–Crippen LogP) is 3.22. The second kappa shape index (κ2) is 8.67. The Morgan fingerprint density at radius 1 is 1.29 bits per heavy atom.